The van der Waals surface area contributed by atoms with Crippen LogP contribution in [-0.4, -0.2) is 0 Å². The van der Waals surface area contributed by atoms with Gasteiger partial charge in [0.05, 0.1) is 27.8 Å². The van der Waals surface area contributed by atoms with Crippen molar-refractivity contribution in [1.29, 1.82) is 26.3 Å². The summed E-state index contributed by atoms with van der Waals surface area (Å²) in [6.45, 7) is 0. The maximum atomic E-state index is 15.2. The lowest BCUT2D eigenvalue weighted by atomic mass is 9.92. The number of nitrogens with zero attached hydrogens (tertiary/aromatic N) is 5. The van der Waals surface area contributed by atoms with Gasteiger partial charge in [0.1, 0.15) is 46.6 Å². The fraction of sp³-hybridized carbons (Fsp3) is 0.0952. The maximum Gasteiger partial charge on any atom is 0.417 e. The molecule has 0 aromatic heterocycles. The molecule has 0 N–H and O–H groups in total. The van der Waals surface area contributed by atoms with E-state index in [0.29, 0.717) is 12.1 Å². The Balaban J connectivity index is 3.50. The molecule has 2 aromatic carbocycles. The summed E-state index contributed by atoms with van der Waals surface area (Å²) in [5.74, 6) is -2.36. The van der Waals surface area contributed by atoms with Gasteiger partial charge in [0.2, 0.25) is 0 Å². The van der Waals surface area contributed by atoms with Crippen molar-refractivity contribution >= 4 is 21.4 Å². The summed E-state index contributed by atoms with van der Waals surface area (Å²) >= 11 is 0. The first kappa shape index (κ1) is 30.4. The zero-order valence-electron chi connectivity index (χ0n) is 17.9. The molecule has 0 unspecified atom stereocenters. The smallest absolute Gasteiger partial charge is 0.205 e. The fourth-order valence-electron chi connectivity index (χ4n) is 3.24. The average Bonchev–Trinajstić information content (AvgIpc) is 2.78. The summed E-state index contributed by atoms with van der Waals surface area (Å²) < 4.78 is 165. The Kier molecular flexibility index (Phi) is 6.69. The Morgan fingerprint density at radius 2 is 1.10 bits per heavy atom. The fourth-order valence-corrected chi connectivity index (χ4v) is 4.18. The molecule has 18 heteroatoms. The minimum absolute atomic E-state index is 0.340. The molecule has 0 aliphatic carbocycles. The molecule has 0 heterocycles. The van der Waals surface area contributed by atoms with Crippen molar-refractivity contribution in [3.63, 3.8) is 0 Å². The second kappa shape index (κ2) is 8.59. The zero-order valence-corrected chi connectivity index (χ0v) is 18.7. The van der Waals surface area contributed by atoms with Crippen LogP contribution in [-0.2, 0) is 12.4 Å². The largest absolute Gasteiger partial charge is 0.417 e. The summed E-state index contributed by atoms with van der Waals surface area (Å²) in [4.78, 5) is -3.28. The Hall–Kier alpha value is -4.86. The van der Waals surface area contributed by atoms with Crippen LogP contribution in [0.1, 0.15) is 27.8 Å². The highest BCUT2D eigenvalue weighted by molar-refractivity contribution is 8.45. The van der Waals surface area contributed by atoms with Crippen molar-refractivity contribution in [2.24, 2.45) is 0 Å². The summed E-state index contributed by atoms with van der Waals surface area (Å²) in [7, 11) is -11.1. The normalized spacial score (nSPS) is 14.3. The molecule has 39 heavy (non-hydrogen) atoms. The highest BCUT2D eigenvalue weighted by Crippen LogP contribution is 3.01. The molecular weight excluding hydrogens is 582 g/mol. The Labute approximate surface area is 208 Å². The molecule has 5 nitrogen and oxygen atoms in total. The Bertz CT molecular complexity index is 1720. The first-order chi connectivity index (χ1) is 17.5. The van der Waals surface area contributed by atoms with E-state index in [1.165, 1.54) is 0 Å². The summed E-state index contributed by atoms with van der Waals surface area (Å²) in [5, 5.41) is 40.9. The number of alkyl halides is 6. The zero-order chi connectivity index (χ0) is 30.4. The minimum Gasteiger partial charge on any atom is -0.205 e. The van der Waals surface area contributed by atoms with E-state index >= 15 is 4.39 Å². The minimum atomic E-state index is -11.1. The second-order valence-electron chi connectivity index (χ2n) is 7.21. The van der Waals surface area contributed by atoms with Crippen molar-refractivity contribution < 1.29 is 50.2 Å². The highest BCUT2D eigenvalue weighted by Gasteiger charge is 2.66. The predicted octanol–water partition coefficient (Wildman–Crippen LogP) is 6.18. The van der Waals surface area contributed by atoms with Gasteiger partial charge in [-0.05, 0) is 23.8 Å². The van der Waals surface area contributed by atoms with E-state index in [1.54, 1.807) is 0 Å². The molecule has 0 radical (unpaired) electrons. The van der Waals surface area contributed by atoms with Crippen LogP contribution in [0.25, 0.3) is 11.1 Å². The van der Waals surface area contributed by atoms with Gasteiger partial charge < -0.3 is 0 Å². The monoisotopic (exact) mass is 585 g/mol. The molecule has 2 rings (SSSR count). The number of benzene rings is 2. The predicted molar refractivity (Wildman–Crippen MR) is 106 cm³/mol. The van der Waals surface area contributed by atoms with E-state index in [2.05, 4.69) is 0 Å². The van der Waals surface area contributed by atoms with E-state index in [1.807, 2.05) is 0 Å². The van der Waals surface area contributed by atoms with Gasteiger partial charge in [-0.15, -0.1) is 0 Å². The van der Waals surface area contributed by atoms with Crippen molar-refractivity contribution in [3.05, 3.63) is 62.3 Å². The van der Waals surface area contributed by atoms with E-state index < -0.39 is 88.8 Å². The van der Waals surface area contributed by atoms with Gasteiger partial charge in [-0.2, -0.15) is 52.7 Å². The number of rotatable bonds is 2. The molecule has 0 spiro atoms. The molecular formula is C21H3F12N5S. The van der Waals surface area contributed by atoms with Gasteiger partial charge in [-0.3, -0.25) is 0 Å². The first-order valence-electron chi connectivity index (χ1n) is 9.15. The van der Waals surface area contributed by atoms with Gasteiger partial charge in [0, 0.05) is 10.4 Å². The third-order valence-corrected chi connectivity index (χ3v) is 5.91. The molecule has 0 fully saturated rings. The standard InChI is InChI=1S/C21H3F12N5S/c22-19-11(3-17(39(29,30,31,32)33)18(14(19)8-38)10(4-34)5-35)12(6-36)9-1-15(20(23,24)25)13(7-37)16(2-9)21(26,27)28/h1-3H/b12-11+. The lowest BCUT2D eigenvalue weighted by Crippen LogP contribution is -2.30. The van der Waals surface area contributed by atoms with Crippen LogP contribution in [0.2, 0.25) is 0 Å². The van der Waals surface area contributed by atoms with Crippen LogP contribution in [0.3, 0.4) is 0 Å². The summed E-state index contributed by atoms with van der Waals surface area (Å²) in [5.41, 5.74) is -14.1. The molecule has 0 atom stereocenters. The molecule has 0 bridgehead atoms. The van der Waals surface area contributed by atoms with Gasteiger partial charge >= 0.3 is 22.6 Å². The van der Waals surface area contributed by atoms with E-state index in [0.717, 1.165) is 18.2 Å². The highest BCUT2D eigenvalue weighted by atomic mass is 32.5. The number of hydrogen-bond acceptors (Lipinski definition) is 5. The third kappa shape index (κ3) is 5.69. The van der Waals surface area contributed by atoms with Gasteiger partial charge in [0.25, 0.3) is 0 Å². The van der Waals surface area contributed by atoms with Crippen LogP contribution in [0.4, 0.5) is 50.2 Å². The molecule has 0 saturated heterocycles. The van der Waals surface area contributed by atoms with Crippen LogP contribution < -0.4 is 10.4 Å². The van der Waals surface area contributed by atoms with Crippen LogP contribution in [0.5, 0.6) is 0 Å². The molecule has 202 valence electrons. The number of halogens is 12. The maximum absolute atomic E-state index is 15.2. The summed E-state index contributed by atoms with van der Waals surface area (Å²) in [6, 6.07) is 2.05. The van der Waals surface area contributed by atoms with Crippen LogP contribution in [0, 0.1) is 62.5 Å². The second-order valence-corrected chi connectivity index (χ2v) is 9.58. The van der Waals surface area contributed by atoms with Gasteiger partial charge in [-0.25, -0.2) is 4.39 Å². The molecule has 0 aliphatic rings. The van der Waals surface area contributed by atoms with Crippen LogP contribution in [0.15, 0.2) is 23.1 Å². The van der Waals surface area contributed by atoms with Crippen molar-refractivity contribution in [3.8, 4) is 30.3 Å². The first-order valence-corrected chi connectivity index (χ1v) is 11.1. The summed E-state index contributed by atoms with van der Waals surface area (Å²) in [6.07, 6.45) is -11.5. The van der Waals surface area contributed by atoms with E-state index in [-0.39, 0.29) is 12.1 Å². The quantitative estimate of drug-likeness (QED) is 0.390. The van der Waals surface area contributed by atoms with Crippen molar-refractivity contribution in [1.82, 2.24) is 0 Å². The van der Waals surface area contributed by atoms with E-state index in [9.17, 15) is 51.0 Å². The number of hydrogen-bond donors (Lipinski definition) is 0. The molecule has 0 aliphatic heterocycles. The molecule has 2 aromatic rings. The average molecular weight is 585 g/mol. The van der Waals surface area contributed by atoms with E-state index in [4.69, 9.17) is 21.0 Å². The van der Waals surface area contributed by atoms with Gasteiger partial charge in [0.15, 0.2) is 0 Å². The molecule has 0 amide bonds. The Morgan fingerprint density at radius 1 is 0.667 bits per heavy atom. The lowest BCUT2D eigenvalue weighted by Gasteiger charge is -2.41. The van der Waals surface area contributed by atoms with Crippen LogP contribution >= 0.6 is 10.2 Å². The van der Waals surface area contributed by atoms with Gasteiger partial charge in [-0.1, -0.05) is 19.4 Å². The lowest BCUT2D eigenvalue weighted by molar-refractivity contribution is -0.143. The van der Waals surface area contributed by atoms with Crippen molar-refractivity contribution in [2.45, 2.75) is 17.2 Å². The number of nitriles is 5. The molecule has 0 saturated carbocycles. The van der Waals surface area contributed by atoms with Crippen molar-refractivity contribution in [2.75, 3.05) is 0 Å². The topological polar surface area (TPSA) is 119 Å². The SMILES string of the molecule is N#CC(C#N)=c1c(S(F)(F)(F)(F)F)c/c(=C(/C#N)c2cc(C(F)(F)F)c(C#N)c(C(F)(F)F)c2)c(F)c1C#N. The third-order valence-electron chi connectivity index (χ3n) is 4.76. The Morgan fingerprint density at radius 3 is 1.41 bits per heavy atom.